The molecule has 0 amide bonds. The van der Waals surface area contributed by atoms with Crippen molar-refractivity contribution in [2.75, 3.05) is 13.7 Å². The molecule has 0 aromatic carbocycles. The molecule has 0 bridgehead atoms. The first kappa shape index (κ1) is 43.0. The third kappa shape index (κ3) is 21.6. The first-order chi connectivity index (χ1) is 20.9. The second-order valence-corrected chi connectivity index (χ2v) is 10.8. The van der Waals surface area contributed by atoms with Gasteiger partial charge in [0.25, 0.3) is 0 Å². The molecule has 44 heavy (non-hydrogen) atoms. The van der Waals surface area contributed by atoms with Gasteiger partial charge in [-0.2, -0.15) is 0 Å². The van der Waals surface area contributed by atoms with Gasteiger partial charge in [-0.25, -0.2) is 8.78 Å². The van der Waals surface area contributed by atoms with E-state index in [4.69, 9.17) is 4.74 Å². The van der Waals surface area contributed by atoms with Crippen molar-refractivity contribution < 1.29 is 23.4 Å². The van der Waals surface area contributed by atoms with Crippen molar-refractivity contribution >= 4 is 5.97 Å². The Bertz CT molecular complexity index is 1020. The molecule has 0 radical (unpaired) electrons. The zero-order valence-corrected chi connectivity index (χ0v) is 28.4. The smallest absolute Gasteiger partial charge is 0.305 e. The molecule has 0 aromatic heterocycles. The lowest BCUT2D eigenvalue weighted by Crippen LogP contribution is -2.42. The van der Waals surface area contributed by atoms with Crippen LogP contribution in [-0.2, 0) is 9.53 Å². The summed E-state index contributed by atoms with van der Waals surface area (Å²) in [5.41, 5.74) is 1.74. The zero-order chi connectivity index (χ0) is 33.9. The molecule has 3 atom stereocenters. The topological polar surface area (TPSA) is 49.8 Å². The molecule has 3 unspecified atom stereocenters. The average molecular weight is 616 g/mol. The first-order valence-electron chi connectivity index (χ1n) is 15.7. The van der Waals surface area contributed by atoms with Gasteiger partial charge < -0.3 is 14.7 Å². The summed E-state index contributed by atoms with van der Waals surface area (Å²) in [5, 5.41) is 9.69. The van der Waals surface area contributed by atoms with Crippen LogP contribution in [0.15, 0.2) is 109 Å². The molecule has 0 rings (SSSR count). The monoisotopic (exact) mass is 615 g/mol. The predicted molar refractivity (Wildman–Crippen MR) is 186 cm³/mol. The Kier molecular flexibility index (Phi) is 26.9. The normalized spacial score (nSPS) is 15.3. The number of esters is 1. The van der Waals surface area contributed by atoms with E-state index >= 15 is 0 Å². The van der Waals surface area contributed by atoms with E-state index in [1.807, 2.05) is 31.2 Å². The standard InChI is InChI=1S/C23H41NO2.C15H18F2O/c1-8-12-14-20(9-2)15-13-16-23(25)26-18-17-21(10-3)22(11-4)24(7)19(5)6;1-4-7-14(17)8-6-9-15(18)12(3)10-11-13(16)5-2/h8-9,12,14,19,21-22H,2,10-11,13,15-18H2,1,3-7H3;4-8,10-11,15,18H,1-2,9H2,3H3/b12-8-,20-14+;8-6-,12-10+,13-11+,14-7+. The van der Waals surface area contributed by atoms with Gasteiger partial charge in [-0.15, -0.1) is 0 Å². The molecule has 0 aliphatic rings. The van der Waals surface area contributed by atoms with Crippen LogP contribution in [0.25, 0.3) is 0 Å². The molecule has 0 heterocycles. The van der Waals surface area contributed by atoms with E-state index in [-0.39, 0.29) is 12.4 Å². The lowest BCUT2D eigenvalue weighted by molar-refractivity contribution is -0.144. The predicted octanol–water partition coefficient (Wildman–Crippen LogP) is 10.2. The summed E-state index contributed by atoms with van der Waals surface area (Å²) in [5.74, 6) is -0.427. The Morgan fingerprint density at radius 2 is 1.66 bits per heavy atom. The number of halogens is 2. The van der Waals surface area contributed by atoms with Crippen LogP contribution in [0.5, 0.6) is 0 Å². The molecule has 0 aromatic rings. The molecule has 0 aliphatic carbocycles. The highest BCUT2D eigenvalue weighted by Crippen LogP contribution is 2.22. The molecule has 1 N–H and O–H groups in total. The highest BCUT2D eigenvalue weighted by Gasteiger charge is 2.24. The maximum Gasteiger partial charge on any atom is 0.305 e. The van der Waals surface area contributed by atoms with Crippen molar-refractivity contribution in [1.82, 2.24) is 4.90 Å². The lowest BCUT2D eigenvalue weighted by atomic mass is 9.90. The number of carbonyl (C=O) groups is 1. The number of nitrogens with zero attached hydrogens (tertiary/aromatic N) is 1. The largest absolute Gasteiger partial charge is 0.466 e. The molecular formula is C38H59F2NO3. The fourth-order valence-electron chi connectivity index (χ4n) is 4.37. The van der Waals surface area contributed by atoms with Gasteiger partial charge in [-0.3, -0.25) is 4.79 Å². The van der Waals surface area contributed by atoms with Gasteiger partial charge in [-0.1, -0.05) is 82.5 Å². The molecule has 0 saturated heterocycles. The number of hydrogen-bond acceptors (Lipinski definition) is 4. The Morgan fingerprint density at radius 1 is 0.977 bits per heavy atom. The van der Waals surface area contributed by atoms with E-state index in [0.29, 0.717) is 36.6 Å². The van der Waals surface area contributed by atoms with Crippen LogP contribution >= 0.6 is 0 Å². The third-order valence-electron chi connectivity index (χ3n) is 7.33. The zero-order valence-electron chi connectivity index (χ0n) is 28.4. The van der Waals surface area contributed by atoms with Gasteiger partial charge in [0.1, 0.15) is 11.7 Å². The molecule has 0 fully saturated rings. The minimum Gasteiger partial charge on any atom is -0.466 e. The third-order valence-corrected chi connectivity index (χ3v) is 7.33. The first-order valence-corrected chi connectivity index (χ1v) is 15.7. The van der Waals surface area contributed by atoms with Gasteiger partial charge in [0.15, 0.2) is 0 Å². The fourth-order valence-corrected chi connectivity index (χ4v) is 4.37. The molecule has 6 heteroatoms. The second-order valence-electron chi connectivity index (χ2n) is 10.8. The SMILES string of the molecule is C=C/C(=C\C=C/C)CCCC(=O)OCCC(CC)C(CC)N(C)C(C)C.C=C/C=C(F)\C=C/CC(O)/C(C)=C/C=C(/F)C=C. The van der Waals surface area contributed by atoms with Crippen molar-refractivity contribution in [3.63, 3.8) is 0 Å². The maximum absolute atomic E-state index is 12.9. The summed E-state index contributed by atoms with van der Waals surface area (Å²) in [6, 6.07) is 1.08. The number of carbonyl (C=O) groups excluding carboxylic acids is 1. The van der Waals surface area contributed by atoms with E-state index in [1.54, 1.807) is 6.92 Å². The minimum atomic E-state index is -0.772. The molecule has 0 spiro atoms. The number of aliphatic hydroxyl groups is 1. The lowest BCUT2D eigenvalue weighted by Gasteiger charge is -2.36. The summed E-state index contributed by atoms with van der Waals surface area (Å²) in [6.45, 7) is 23.6. The van der Waals surface area contributed by atoms with E-state index in [2.05, 4.69) is 59.4 Å². The van der Waals surface area contributed by atoms with Crippen LogP contribution in [0.4, 0.5) is 8.78 Å². The summed E-state index contributed by atoms with van der Waals surface area (Å²) < 4.78 is 31.1. The number of allylic oxidation sites excluding steroid dienone is 13. The highest BCUT2D eigenvalue weighted by molar-refractivity contribution is 5.69. The molecular weight excluding hydrogens is 556 g/mol. The van der Waals surface area contributed by atoms with Gasteiger partial charge in [0.2, 0.25) is 0 Å². The molecule has 248 valence electrons. The van der Waals surface area contributed by atoms with Crippen LogP contribution in [0.3, 0.4) is 0 Å². The minimum absolute atomic E-state index is 0.0837. The Hall–Kier alpha value is -3.09. The van der Waals surface area contributed by atoms with Crippen molar-refractivity contribution in [3.8, 4) is 0 Å². The van der Waals surface area contributed by atoms with Gasteiger partial charge >= 0.3 is 5.97 Å². The van der Waals surface area contributed by atoms with E-state index < -0.39 is 17.8 Å². The van der Waals surface area contributed by atoms with Crippen LogP contribution in [0.2, 0.25) is 0 Å². The van der Waals surface area contributed by atoms with Crippen LogP contribution in [0, 0.1) is 5.92 Å². The highest BCUT2D eigenvalue weighted by atomic mass is 19.1. The van der Waals surface area contributed by atoms with Crippen LogP contribution in [-0.4, -0.2) is 47.8 Å². The van der Waals surface area contributed by atoms with Gasteiger partial charge in [0.05, 0.1) is 12.7 Å². The van der Waals surface area contributed by atoms with Crippen LogP contribution in [0.1, 0.15) is 86.5 Å². The number of aliphatic hydroxyl groups excluding tert-OH is 1. The summed E-state index contributed by atoms with van der Waals surface area (Å²) in [7, 11) is 2.20. The Morgan fingerprint density at radius 3 is 2.18 bits per heavy atom. The number of rotatable bonds is 21. The average Bonchev–Trinajstić information content (AvgIpc) is 3.00. The maximum atomic E-state index is 12.9. The Labute approximate surface area is 267 Å². The van der Waals surface area contributed by atoms with E-state index in [9.17, 15) is 18.7 Å². The van der Waals surface area contributed by atoms with Crippen molar-refractivity contribution in [2.45, 2.75) is 105 Å². The van der Waals surface area contributed by atoms with E-state index in [1.165, 1.54) is 36.5 Å². The Balaban J connectivity index is 0. The van der Waals surface area contributed by atoms with Crippen LogP contribution < -0.4 is 0 Å². The number of hydrogen-bond donors (Lipinski definition) is 1. The van der Waals surface area contributed by atoms with Gasteiger partial charge in [0, 0.05) is 18.5 Å². The second kappa shape index (κ2) is 27.5. The van der Waals surface area contributed by atoms with E-state index in [0.717, 1.165) is 43.8 Å². The molecule has 4 nitrogen and oxygen atoms in total. The molecule has 0 saturated carbocycles. The van der Waals surface area contributed by atoms with Crippen molar-refractivity contribution in [3.05, 3.63) is 109 Å². The fraction of sp³-hybridized carbons (Fsp3) is 0.500. The quantitative estimate of drug-likeness (QED) is 0.103. The van der Waals surface area contributed by atoms with Crippen molar-refractivity contribution in [1.29, 1.82) is 0 Å². The van der Waals surface area contributed by atoms with Crippen molar-refractivity contribution in [2.24, 2.45) is 5.92 Å². The summed E-state index contributed by atoms with van der Waals surface area (Å²) in [4.78, 5) is 14.4. The number of ether oxygens (including phenoxy) is 1. The summed E-state index contributed by atoms with van der Waals surface area (Å²) in [6.07, 6.45) is 21.8. The van der Waals surface area contributed by atoms with Gasteiger partial charge in [-0.05, 0) is 108 Å². The molecule has 0 aliphatic heterocycles. The summed E-state index contributed by atoms with van der Waals surface area (Å²) >= 11 is 0.